The monoisotopic (exact) mass is 264 g/mol. The van der Waals surface area contributed by atoms with Crippen LogP contribution in [0.5, 0.6) is 0 Å². The Hall–Kier alpha value is -1.83. The Morgan fingerprint density at radius 2 is 2.06 bits per heavy atom. The van der Waals surface area contributed by atoms with Gasteiger partial charge in [0.15, 0.2) is 5.82 Å². The summed E-state index contributed by atoms with van der Waals surface area (Å²) in [5.41, 5.74) is 0.965. The molecule has 0 saturated carbocycles. The van der Waals surface area contributed by atoms with E-state index in [1.54, 1.807) is 24.3 Å². The van der Waals surface area contributed by atoms with Crippen molar-refractivity contribution in [1.29, 1.82) is 5.26 Å². The highest BCUT2D eigenvalue weighted by Gasteiger charge is 2.08. The van der Waals surface area contributed by atoms with Crippen molar-refractivity contribution in [3.63, 3.8) is 0 Å². The van der Waals surface area contributed by atoms with E-state index in [1.165, 1.54) is 6.20 Å². The molecule has 0 unspecified atom stereocenters. The lowest BCUT2D eigenvalue weighted by atomic mass is 10.2. The van der Waals surface area contributed by atoms with E-state index in [-0.39, 0.29) is 0 Å². The van der Waals surface area contributed by atoms with Crippen molar-refractivity contribution in [2.24, 2.45) is 0 Å². The van der Waals surface area contributed by atoms with Crippen LogP contribution in [0.1, 0.15) is 5.56 Å². The molecule has 0 aliphatic heterocycles. The molecule has 0 bridgehead atoms. The molecule has 0 aliphatic carbocycles. The van der Waals surface area contributed by atoms with Gasteiger partial charge in [-0.25, -0.2) is 0 Å². The molecule has 1 aromatic heterocycles. The molecule has 1 aromatic carbocycles. The van der Waals surface area contributed by atoms with Crippen molar-refractivity contribution in [3.8, 4) is 6.07 Å². The first kappa shape index (κ1) is 11.6. The third kappa shape index (κ3) is 2.47. The second-order valence-corrected chi connectivity index (χ2v) is 3.92. The summed E-state index contributed by atoms with van der Waals surface area (Å²) in [6, 6.07) is 8.74. The van der Waals surface area contributed by atoms with Crippen molar-refractivity contribution in [2.45, 2.75) is 0 Å². The zero-order valence-corrected chi connectivity index (χ0v) is 10.00. The molecular formula is C11H6Cl2N4. The quantitative estimate of drug-likeness (QED) is 0.903. The highest BCUT2D eigenvalue weighted by atomic mass is 35.5. The number of benzene rings is 1. The van der Waals surface area contributed by atoms with E-state index in [0.29, 0.717) is 27.1 Å². The van der Waals surface area contributed by atoms with Crippen molar-refractivity contribution in [1.82, 2.24) is 10.2 Å². The summed E-state index contributed by atoms with van der Waals surface area (Å²) in [7, 11) is 0. The van der Waals surface area contributed by atoms with Crippen molar-refractivity contribution in [3.05, 3.63) is 46.1 Å². The fraction of sp³-hybridized carbons (Fsp3) is 0. The van der Waals surface area contributed by atoms with E-state index < -0.39 is 0 Å². The molecule has 1 heterocycles. The van der Waals surface area contributed by atoms with Crippen LogP contribution in [0.4, 0.5) is 11.5 Å². The Bertz CT molecular complexity index is 592. The van der Waals surface area contributed by atoms with Gasteiger partial charge in [0.2, 0.25) is 0 Å². The van der Waals surface area contributed by atoms with E-state index in [4.69, 9.17) is 28.5 Å². The maximum atomic E-state index is 8.90. The van der Waals surface area contributed by atoms with E-state index in [9.17, 15) is 0 Å². The van der Waals surface area contributed by atoms with Crippen LogP contribution in [-0.2, 0) is 0 Å². The first-order valence-electron chi connectivity index (χ1n) is 4.65. The number of anilines is 2. The highest BCUT2D eigenvalue weighted by Crippen LogP contribution is 2.31. The number of halogens is 2. The molecule has 0 aliphatic rings. The van der Waals surface area contributed by atoms with Gasteiger partial charge in [-0.1, -0.05) is 29.3 Å². The maximum Gasteiger partial charge on any atom is 0.171 e. The normalized spacial score (nSPS) is 9.71. The standard InChI is InChI=1S/C11H6Cl2N4/c12-8-2-1-3-9(10(8)13)16-11-7(6-14)4-5-15-17-11/h1-5H,(H,16,17). The van der Waals surface area contributed by atoms with Gasteiger partial charge in [0.25, 0.3) is 0 Å². The van der Waals surface area contributed by atoms with Crippen LogP contribution in [0.3, 0.4) is 0 Å². The van der Waals surface area contributed by atoms with Crippen LogP contribution < -0.4 is 5.32 Å². The summed E-state index contributed by atoms with van der Waals surface area (Å²) in [5.74, 6) is 0.346. The first-order valence-corrected chi connectivity index (χ1v) is 5.41. The number of nitrogens with zero attached hydrogens (tertiary/aromatic N) is 3. The number of nitriles is 1. The van der Waals surface area contributed by atoms with Gasteiger partial charge in [-0.15, -0.1) is 5.10 Å². The molecule has 84 valence electrons. The SMILES string of the molecule is N#Cc1ccnnc1Nc1cccc(Cl)c1Cl. The van der Waals surface area contributed by atoms with Gasteiger partial charge >= 0.3 is 0 Å². The molecule has 2 aromatic rings. The Kier molecular flexibility index (Phi) is 3.43. The van der Waals surface area contributed by atoms with Gasteiger partial charge in [-0.2, -0.15) is 10.4 Å². The largest absolute Gasteiger partial charge is 0.336 e. The van der Waals surface area contributed by atoms with Crippen LogP contribution in [0, 0.1) is 11.3 Å². The van der Waals surface area contributed by atoms with E-state index in [2.05, 4.69) is 15.5 Å². The average molecular weight is 265 g/mol. The fourth-order valence-electron chi connectivity index (χ4n) is 1.24. The number of rotatable bonds is 2. The van der Waals surface area contributed by atoms with Gasteiger partial charge < -0.3 is 5.32 Å². The minimum atomic E-state index is 0.346. The van der Waals surface area contributed by atoms with E-state index >= 15 is 0 Å². The lowest BCUT2D eigenvalue weighted by Gasteiger charge is -2.08. The van der Waals surface area contributed by atoms with Crippen LogP contribution in [0.15, 0.2) is 30.5 Å². The highest BCUT2D eigenvalue weighted by molar-refractivity contribution is 6.43. The third-order valence-electron chi connectivity index (χ3n) is 2.05. The second-order valence-electron chi connectivity index (χ2n) is 3.13. The topological polar surface area (TPSA) is 61.6 Å². The molecule has 0 atom stereocenters. The Morgan fingerprint density at radius 1 is 1.24 bits per heavy atom. The maximum absolute atomic E-state index is 8.90. The Labute approximate surface area is 108 Å². The van der Waals surface area contributed by atoms with Crippen LogP contribution in [0.25, 0.3) is 0 Å². The lowest BCUT2D eigenvalue weighted by molar-refractivity contribution is 1.03. The first-order chi connectivity index (χ1) is 8.22. The number of nitrogens with one attached hydrogen (secondary N) is 1. The van der Waals surface area contributed by atoms with E-state index in [1.807, 2.05) is 6.07 Å². The summed E-state index contributed by atoms with van der Waals surface area (Å²) >= 11 is 11.9. The molecule has 2 rings (SSSR count). The molecule has 4 nitrogen and oxygen atoms in total. The van der Waals surface area contributed by atoms with Crippen molar-refractivity contribution >= 4 is 34.7 Å². The van der Waals surface area contributed by atoms with Crippen LogP contribution >= 0.6 is 23.2 Å². The summed E-state index contributed by atoms with van der Waals surface area (Å²) < 4.78 is 0. The Balaban J connectivity index is 2.39. The predicted molar refractivity (Wildman–Crippen MR) is 66.5 cm³/mol. The number of aromatic nitrogens is 2. The van der Waals surface area contributed by atoms with Crippen molar-refractivity contribution < 1.29 is 0 Å². The molecular weight excluding hydrogens is 259 g/mol. The second kappa shape index (κ2) is 5.00. The summed E-state index contributed by atoms with van der Waals surface area (Å²) in [6.07, 6.45) is 1.45. The van der Waals surface area contributed by atoms with Gasteiger partial charge in [0.05, 0.1) is 27.5 Å². The Morgan fingerprint density at radius 3 is 2.82 bits per heavy atom. The minimum Gasteiger partial charge on any atom is -0.336 e. The summed E-state index contributed by atoms with van der Waals surface area (Å²) in [6.45, 7) is 0. The summed E-state index contributed by atoms with van der Waals surface area (Å²) in [5, 5.41) is 20.2. The number of hydrogen-bond donors (Lipinski definition) is 1. The third-order valence-corrected chi connectivity index (χ3v) is 2.86. The molecule has 0 fully saturated rings. The molecule has 0 saturated heterocycles. The van der Waals surface area contributed by atoms with Gasteiger partial charge in [-0.3, -0.25) is 0 Å². The molecule has 17 heavy (non-hydrogen) atoms. The van der Waals surface area contributed by atoms with Crippen molar-refractivity contribution in [2.75, 3.05) is 5.32 Å². The smallest absolute Gasteiger partial charge is 0.171 e. The van der Waals surface area contributed by atoms with Crippen LogP contribution in [0.2, 0.25) is 10.0 Å². The van der Waals surface area contributed by atoms with Crippen LogP contribution in [-0.4, -0.2) is 10.2 Å². The zero-order valence-electron chi connectivity index (χ0n) is 8.48. The summed E-state index contributed by atoms with van der Waals surface area (Å²) in [4.78, 5) is 0. The molecule has 0 radical (unpaired) electrons. The molecule has 0 spiro atoms. The van der Waals surface area contributed by atoms with E-state index in [0.717, 1.165) is 0 Å². The predicted octanol–water partition coefficient (Wildman–Crippen LogP) is 3.40. The lowest BCUT2D eigenvalue weighted by Crippen LogP contribution is -1.98. The molecule has 1 N–H and O–H groups in total. The van der Waals surface area contributed by atoms with Gasteiger partial charge in [0, 0.05) is 0 Å². The molecule has 6 heteroatoms. The zero-order chi connectivity index (χ0) is 12.3. The van der Waals surface area contributed by atoms with Gasteiger partial charge in [-0.05, 0) is 18.2 Å². The molecule has 0 amide bonds. The fourth-order valence-corrected chi connectivity index (χ4v) is 1.59. The van der Waals surface area contributed by atoms with Gasteiger partial charge in [0.1, 0.15) is 6.07 Å². The average Bonchev–Trinajstić information content (AvgIpc) is 2.35. The minimum absolute atomic E-state index is 0.346. The number of hydrogen-bond acceptors (Lipinski definition) is 4.